The van der Waals surface area contributed by atoms with E-state index in [0.29, 0.717) is 31.1 Å². The average molecular weight is 344 g/mol. The number of aromatic nitrogens is 2. The average Bonchev–Trinajstić information content (AvgIpc) is 2.65. The molecule has 1 aliphatic rings. The van der Waals surface area contributed by atoms with Gasteiger partial charge in [0.1, 0.15) is 10.8 Å². The van der Waals surface area contributed by atoms with Crippen molar-refractivity contribution in [2.45, 2.75) is 52.2 Å². The van der Waals surface area contributed by atoms with Crippen molar-refractivity contribution in [3.63, 3.8) is 0 Å². The number of halogens is 1. The summed E-state index contributed by atoms with van der Waals surface area (Å²) in [5.74, 6) is -0.0725. The van der Waals surface area contributed by atoms with Crippen molar-refractivity contribution in [1.82, 2.24) is 14.7 Å². The number of carbonyl (C=O) groups excluding carboxylic acids is 1. The van der Waals surface area contributed by atoms with Crippen LogP contribution in [0.1, 0.15) is 38.4 Å². The van der Waals surface area contributed by atoms with Crippen LogP contribution in [0, 0.1) is 12.8 Å². The summed E-state index contributed by atoms with van der Waals surface area (Å²) in [7, 11) is 1.79. The molecule has 2 heterocycles. The Morgan fingerprint density at radius 1 is 1.48 bits per heavy atom. The maximum Gasteiger partial charge on any atom is 0.410 e. The maximum absolute atomic E-state index is 12.2. The Morgan fingerprint density at radius 2 is 2.13 bits per heavy atom. The van der Waals surface area contributed by atoms with Crippen LogP contribution in [0.4, 0.5) is 4.79 Å². The third-order valence-electron chi connectivity index (χ3n) is 4.08. The molecule has 1 saturated heterocycles. The number of rotatable bonds is 2. The standard InChI is InChI=1S/C16H26ClN3O3/c1-10-12(14(17)19(5)18-10)8-11-9-20(7-6-13(11)21)15(22)23-16(2,3)4/h11,13,21H,6-9H2,1-5H3. The largest absolute Gasteiger partial charge is 0.444 e. The Bertz CT molecular complexity index is 580. The van der Waals surface area contributed by atoms with Gasteiger partial charge in [0.2, 0.25) is 0 Å². The number of likely N-dealkylation sites (tertiary alicyclic amines) is 1. The summed E-state index contributed by atoms with van der Waals surface area (Å²) in [6, 6.07) is 0. The minimum atomic E-state index is -0.522. The van der Waals surface area contributed by atoms with Crippen LogP contribution in [0.2, 0.25) is 5.15 Å². The van der Waals surface area contributed by atoms with E-state index in [-0.39, 0.29) is 12.0 Å². The van der Waals surface area contributed by atoms with E-state index < -0.39 is 11.7 Å². The van der Waals surface area contributed by atoms with Gasteiger partial charge in [-0.1, -0.05) is 11.6 Å². The van der Waals surface area contributed by atoms with Crippen molar-refractivity contribution < 1.29 is 14.6 Å². The lowest BCUT2D eigenvalue weighted by Gasteiger charge is -2.37. The van der Waals surface area contributed by atoms with Crippen molar-refractivity contribution in [1.29, 1.82) is 0 Å². The second-order valence-electron chi connectivity index (χ2n) is 7.22. The van der Waals surface area contributed by atoms with Crippen LogP contribution in [-0.2, 0) is 18.2 Å². The number of hydrogen-bond acceptors (Lipinski definition) is 4. The van der Waals surface area contributed by atoms with Gasteiger partial charge in [-0.2, -0.15) is 5.10 Å². The highest BCUT2D eigenvalue weighted by molar-refractivity contribution is 6.30. The summed E-state index contributed by atoms with van der Waals surface area (Å²) >= 11 is 6.28. The molecule has 23 heavy (non-hydrogen) atoms. The molecule has 1 N–H and O–H groups in total. The number of aliphatic hydroxyl groups excluding tert-OH is 1. The Hall–Kier alpha value is -1.27. The first-order chi connectivity index (χ1) is 10.6. The SMILES string of the molecule is Cc1nn(C)c(Cl)c1CC1CN(C(=O)OC(C)(C)C)CCC1O. The van der Waals surface area contributed by atoms with Gasteiger partial charge < -0.3 is 14.7 Å². The minimum Gasteiger partial charge on any atom is -0.444 e. The fourth-order valence-electron chi connectivity index (χ4n) is 2.88. The van der Waals surface area contributed by atoms with Gasteiger partial charge in [0, 0.05) is 31.6 Å². The number of aliphatic hydroxyl groups is 1. The summed E-state index contributed by atoms with van der Waals surface area (Å²) in [4.78, 5) is 13.9. The molecule has 2 unspecified atom stereocenters. The van der Waals surface area contributed by atoms with Crippen LogP contribution in [0.3, 0.4) is 0 Å². The number of ether oxygens (including phenoxy) is 1. The molecule has 0 aliphatic carbocycles. The smallest absolute Gasteiger partial charge is 0.410 e. The lowest BCUT2D eigenvalue weighted by atomic mass is 9.89. The zero-order valence-electron chi connectivity index (χ0n) is 14.5. The van der Waals surface area contributed by atoms with E-state index in [1.54, 1.807) is 16.6 Å². The van der Waals surface area contributed by atoms with Crippen LogP contribution in [0.15, 0.2) is 0 Å². The molecule has 2 rings (SSSR count). The van der Waals surface area contributed by atoms with Crippen molar-refractivity contribution in [2.75, 3.05) is 13.1 Å². The summed E-state index contributed by atoms with van der Waals surface area (Å²) in [6.07, 6.45) is 0.354. The summed E-state index contributed by atoms with van der Waals surface area (Å²) < 4.78 is 7.06. The zero-order chi connectivity index (χ0) is 17.4. The van der Waals surface area contributed by atoms with Crippen LogP contribution in [0.5, 0.6) is 0 Å². The van der Waals surface area contributed by atoms with Gasteiger partial charge in [-0.3, -0.25) is 4.68 Å². The summed E-state index contributed by atoms with van der Waals surface area (Å²) in [6.45, 7) is 8.41. The van der Waals surface area contributed by atoms with Crippen LogP contribution >= 0.6 is 11.6 Å². The molecule has 2 atom stereocenters. The van der Waals surface area contributed by atoms with Gasteiger partial charge in [0.05, 0.1) is 11.8 Å². The van der Waals surface area contributed by atoms with E-state index in [1.807, 2.05) is 27.7 Å². The third kappa shape index (κ3) is 4.38. The molecule has 0 bridgehead atoms. The minimum absolute atomic E-state index is 0.0725. The fourth-order valence-corrected chi connectivity index (χ4v) is 3.13. The first-order valence-corrected chi connectivity index (χ1v) is 8.30. The lowest BCUT2D eigenvalue weighted by molar-refractivity contribution is -0.00824. The fraction of sp³-hybridized carbons (Fsp3) is 0.750. The van der Waals surface area contributed by atoms with E-state index in [2.05, 4.69) is 5.10 Å². The van der Waals surface area contributed by atoms with Crippen LogP contribution in [-0.4, -0.2) is 50.7 Å². The molecule has 6 nitrogen and oxygen atoms in total. The van der Waals surface area contributed by atoms with Gasteiger partial charge in [-0.25, -0.2) is 4.79 Å². The molecule has 1 amide bonds. The van der Waals surface area contributed by atoms with E-state index in [4.69, 9.17) is 16.3 Å². The van der Waals surface area contributed by atoms with Crippen molar-refractivity contribution in [3.8, 4) is 0 Å². The number of hydrogen-bond donors (Lipinski definition) is 1. The monoisotopic (exact) mass is 343 g/mol. The van der Waals surface area contributed by atoms with E-state index in [9.17, 15) is 9.90 Å². The highest BCUT2D eigenvalue weighted by Gasteiger charge is 2.33. The molecule has 1 fully saturated rings. The number of nitrogens with zero attached hydrogens (tertiary/aromatic N) is 3. The summed E-state index contributed by atoms with van der Waals surface area (Å²) in [5.41, 5.74) is 1.27. The van der Waals surface area contributed by atoms with E-state index >= 15 is 0 Å². The predicted molar refractivity (Wildman–Crippen MR) is 88.6 cm³/mol. The van der Waals surface area contributed by atoms with E-state index in [1.165, 1.54) is 0 Å². The molecule has 1 aliphatic heterocycles. The number of amides is 1. The molecule has 7 heteroatoms. The Balaban J connectivity index is 2.08. The van der Waals surface area contributed by atoms with Crippen molar-refractivity contribution >= 4 is 17.7 Å². The first kappa shape index (κ1) is 18.1. The lowest BCUT2D eigenvalue weighted by Crippen LogP contribution is -2.48. The Kier molecular flexibility index (Phi) is 5.26. The molecule has 0 aromatic carbocycles. The molecule has 1 aromatic heterocycles. The quantitative estimate of drug-likeness (QED) is 0.896. The highest BCUT2D eigenvalue weighted by Crippen LogP contribution is 2.27. The van der Waals surface area contributed by atoms with E-state index in [0.717, 1.165) is 11.3 Å². The molecule has 0 spiro atoms. The molecule has 1 aromatic rings. The van der Waals surface area contributed by atoms with Gasteiger partial charge in [-0.05, 0) is 40.5 Å². The molecular weight excluding hydrogens is 318 g/mol. The molecule has 0 radical (unpaired) electrons. The summed E-state index contributed by atoms with van der Waals surface area (Å²) in [5, 5.41) is 15.2. The molecule has 0 saturated carbocycles. The predicted octanol–water partition coefficient (Wildman–Crippen LogP) is 2.54. The van der Waals surface area contributed by atoms with Gasteiger partial charge in [0.25, 0.3) is 0 Å². The van der Waals surface area contributed by atoms with Crippen molar-refractivity contribution in [2.24, 2.45) is 13.0 Å². The molecule has 130 valence electrons. The number of aryl methyl sites for hydroxylation is 2. The van der Waals surface area contributed by atoms with Crippen molar-refractivity contribution in [3.05, 3.63) is 16.4 Å². The van der Waals surface area contributed by atoms with Gasteiger partial charge in [0.15, 0.2) is 0 Å². The Labute approximate surface area is 142 Å². The van der Waals surface area contributed by atoms with Gasteiger partial charge in [-0.15, -0.1) is 0 Å². The number of carbonyl (C=O) groups is 1. The molecular formula is C16H26ClN3O3. The topological polar surface area (TPSA) is 67.6 Å². The first-order valence-electron chi connectivity index (χ1n) is 7.92. The van der Waals surface area contributed by atoms with Crippen LogP contribution < -0.4 is 0 Å². The Morgan fingerprint density at radius 3 is 2.65 bits per heavy atom. The van der Waals surface area contributed by atoms with Crippen LogP contribution in [0.25, 0.3) is 0 Å². The number of piperidine rings is 1. The third-order valence-corrected chi connectivity index (χ3v) is 4.55. The zero-order valence-corrected chi connectivity index (χ0v) is 15.2. The van der Waals surface area contributed by atoms with Gasteiger partial charge >= 0.3 is 6.09 Å². The highest BCUT2D eigenvalue weighted by atomic mass is 35.5. The maximum atomic E-state index is 12.2. The second kappa shape index (κ2) is 6.69. The second-order valence-corrected chi connectivity index (χ2v) is 7.58. The normalized spacial score (nSPS) is 22.3.